The minimum Gasteiger partial charge on any atom is -0.478 e. The fraction of sp³-hybridized carbons (Fsp3) is 0.562. The van der Waals surface area contributed by atoms with Crippen molar-refractivity contribution in [3.05, 3.63) is 34.4 Å². The summed E-state index contributed by atoms with van der Waals surface area (Å²) in [4.78, 5) is 11.6. The Morgan fingerprint density at radius 2 is 1.33 bits per heavy atom. The van der Waals surface area contributed by atoms with Gasteiger partial charge in [-0.2, -0.15) is 0 Å². The molecule has 18 heavy (non-hydrogen) atoms. The maximum Gasteiger partial charge on any atom is 0.336 e. The first-order valence-corrected chi connectivity index (χ1v) is 7.15. The van der Waals surface area contributed by atoms with E-state index in [0.29, 0.717) is 17.4 Å². The van der Waals surface area contributed by atoms with Gasteiger partial charge in [0.05, 0.1) is 5.56 Å². The first kappa shape index (κ1) is 10.6. The first-order chi connectivity index (χ1) is 8.74. The number of carboxylic acid groups (broad SMARTS) is 1. The second-order valence-corrected chi connectivity index (χ2v) is 6.20. The molecule has 0 amide bonds. The lowest BCUT2D eigenvalue weighted by molar-refractivity contribution is 0.0694. The zero-order chi connectivity index (χ0) is 12.3. The summed E-state index contributed by atoms with van der Waals surface area (Å²) in [5.74, 6) is 1.09. The molecule has 0 atom stereocenters. The number of hydrogen-bond acceptors (Lipinski definition) is 1. The number of rotatable bonds is 4. The van der Waals surface area contributed by atoms with Crippen molar-refractivity contribution in [1.29, 1.82) is 0 Å². The van der Waals surface area contributed by atoms with E-state index in [-0.39, 0.29) is 0 Å². The highest BCUT2D eigenvalue weighted by atomic mass is 16.4. The van der Waals surface area contributed by atoms with E-state index in [1.54, 1.807) is 0 Å². The molecule has 3 saturated carbocycles. The molecule has 0 radical (unpaired) electrons. The summed E-state index contributed by atoms with van der Waals surface area (Å²) in [5.41, 5.74) is 4.37. The molecule has 0 saturated heterocycles. The van der Waals surface area contributed by atoms with Gasteiger partial charge in [0.25, 0.3) is 0 Å². The van der Waals surface area contributed by atoms with Crippen LogP contribution in [0.25, 0.3) is 0 Å². The summed E-state index contributed by atoms with van der Waals surface area (Å²) >= 11 is 0. The third-order valence-electron chi connectivity index (χ3n) is 4.52. The molecule has 2 heteroatoms. The van der Waals surface area contributed by atoms with E-state index < -0.39 is 5.97 Å². The molecular weight excluding hydrogens is 224 g/mol. The van der Waals surface area contributed by atoms with E-state index in [1.165, 1.54) is 44.1 Å². The van der Waals surface area contributed by atoms with Crippen LogP contribution in [0.1, 0.15) is 83.3 Å². The molecule has 0 spiro atoms. The van der Waals surface area contributed by atoms with Gasteiger partial charge in [-0.15, -0.1) is 0 Å². The van der Waals surface area contributed by atoms with Gasteiger partial charge < -0.3 is 5.11 Å². The fourth-order valence-electron chi connectivity index (χ4n) is 3.04. The van der Waals surface area contributed by atoms with Crippen LogP contribution in [0.3, 0.4) is 0 Å². The van der Waals surface area contributed by atoms with E-state index >= 15 is 0 Å². The number of carbonyl (C=O) groups is 1. The minimum atomic E-state index is -0.707. The molecule has 0 aliphatic heterocycles. The lowest BCUT2D eigenvalue weighted by Crippen LogP contribution is -2.07. The topological polar surface area (TPSA) is 37.3 Å². The van der Waals surface area contributed by atoms with Gasteiger partial charge in [-0.3, -0.25) is 0 Å². The van der Waals surface area contributed by atoms with Crippen LogP contribution in [0.4, 0.5) is 0 Å². The van der Waals surface area contributed by atoms with Crippen molar-refractivity contribution in [2.75, 3.05) is 0 Å². The highest BCUT2D eigenvalue weighted by Gasteiger charge is 2.36. The van der Waals surface area contributed by atoms with Gasteiger partial charge in [-0.05, 0) is 73.0 Å². The standard InChI is InChI=1S/C16H18O2/c17-16(18)15-13(10-3-4-10)7-12(9-1-2-9)8-14(15)11-5-6-11/h7-11H,1-6H2,(H,17,18). The van der Waals surface area contributed by atoms with Crippen molar-refractivity contribution >= 4 is 5.97 Å². The summed E-state index contributed by atoms with van der Waals surface area (Å²) in [6.45, 7) is 0. The number of benzene rings is 1. The van der Waals surface area contributed by atoms with Crippen LogP contribution in [0.2, 0.25) is 0 Å². The average Bonchev–Trinajstić information content (AvgIpc) is 3.24. The Hall–Kier alpha value is -1.31. The monoisotopic (exact) mass is 242 g/mol. The second kappa shape index (κ2) is 3.59. The molecule has 3 fully saturated rings. The van der Waals surface area contributed by atoms with Crippen LogP contribution >= 0.6 is 0 Å². The molecule has 1 aromatic carbocycles. The molecule has 3 aliphatic rings. The number of aromatic carboxylic acids is 1. The first-order valence-electron chi connectivity index (χ1n) is 7.15. The lowest BCUT2D eigenvalue weighted by atomic mass is 9.91. The predicted octanol–water partition coefficient (Wildman–Crippen LogP) is 4.02. The van der Waals surface area contributed by atoms with Crippen molar-refractivity contribution < 1.29 is 9.90 Å². The fourth-order valence-corrected chi connectivity index (χ4v) is 3.04. The molecule has 0 bridgehead atoms. The maximum absolute atomic E-state index is 11.6. The SMILES string of the molecule is O=C(O)c1c(C2CC2)cc(C2CC2)cc1C1CC1. The van der Waals surface area contributed by atoms with E-state index in [0.717, 1.165) is 17.0 Å². The highest BCUT2D eigenvalue weighted by molar-refractivity contribution is 5.92. The third kappa shape index (κ3) is 1.75. The van der Waals surface area contributed by atoms with E-state index in [2.05, 4.69) is 12.1 Å². The Bertz CT molecular complexity index is 487. The number of carboxylic acids is 1. The van der Waals surface area contributed by atoms with Crippen molar-refractivity contribution in [2.45, 2.75) is 56.3 Å². The Kier molecular flexibility index (Phi) is 2.12. The van der Waals surface area contributed by atoms with Crippen molar-refractivity contribution in [2.24, 2.45) is 0 Å². The molecule has 4 rings (SSSR count). The normalized spacial score (nSPS) is 23.1. The van der Waals surface area contributed by atoms with Gasteiger partial charge in [0, 0.05) is 0 Å². The van der Waals surface area contributed by atoms with Crippen LogP contribution < -0.4 is 0 Å². The Morgan fingerprint density at radius 3 is 1.67 bits per heavy atom. The third-order valence-corrected chi connectivity index (χ3v) is 4.52. The minimum absolute atomic E-state index is 0.535. The average molecular weight is 242 g/mol. The molecule has 3 aliphatic carbocycles. The number of hydrogen-bond donors (Lipinski definition) is 1. The molecule has 2 nitrogen and oxygen atoms in total. The Labute approximate surface area is 107 Å². The van der Waals surface area contributed by atoms with Crippen molar-refractivity contribution in [3.63, 3.8) is 0 Å². The van der Waals surface area contributed by atoms with Crippen molar-refractivity contribution in [3.8, 4) is 0 Å². The smallest absolute Gasteiger partial charge is 0.336 e. The molecule has 1 aromatic rings. The van der Waals surface area contributed by atoms with Gasteiger partial charge in [-0.25, -0.2) is 4.79 Å². The summed E-state index contributed by atoms with van der Waals surface area (Å²) < 4.78 is 0. The summed E-state index contributed by atoms with van der Waals surface area (Å²) in [5, 5.41) is 9.54. The zero-order valence-electron chi connectivity index (χ0n) is 10.5. The quantitative estimate of drug-likeness (QED) is 0.866. The summed E-state index contributed by atoms with van der Waals surface area (Å²) in [6.07, 6.45) is 7.30. The molecular formula is C16H18O2. The largest absolute Gasteiger partial charge is 0.478 e. The van der Waals surface area contributed by atoms with Crippen LogP contribution in [0.5, 0.6) is 0 Å². The molecule has 94 valence electrons. The van der Waals surface area contributed by atoms with Crippen LogP contribution in [0.15, 0.2) is 12.1 Å². The van der Waals surface area contributed by atoms with Gasteiger partial charge >= 0.3 is 5.97 Å². The maximum atomic E-state index is 11.6. The summed E-state index contributed by atoms with van der Waals surface area (Å²) in [7, 11) is 0. The van der Waals surface area contributed by atoms with Gasteiger partial charge in [-0.1, -0.05) is 12.1 Å². The molecule has 1 N–H and O–H groups in total. The zero-order valence-corrected chi connectivity index (χ0v) is 10.5. The summed E-state index contributed by atoms with van der Waals surface area (Å²) in [6, 6.07) is 4.43. The highest BCUT2D eigenvalue weighted by Crippen LogP contribution is 2.50. The van der Waals surface area contributed by atoms with Gasteiger partial charge in [0.15, 0.2) is 0 Å². The van der Waals surface area contributed by atoms with Gasteiger partial charge in [0.1, 0.15) is 0 Å². The second-order valence-electron chi connectivity index (χ2n) is 6.20. The van der Waals surface area contributed by atoms with Crippen LogP contribution in [-0.4, -0.2) is 11.1 Å². The lowest BCUT2D eigenvalue weighted by Gasteiger charge is -2.14. The van der Waals surface area contributed by atoms with E-state index in [4.69, 9.17) is 0 Å². The molecule has 0 heterocycles. The Balaban J connectivity index is 1.88. The van der Waals surface area contributed by atoms with E-state index in [9.17, 15) is 9.90 Å². The van der Waals surface area contributed by atoms with Crippen LogP contribution in [-0.2, 0) is 0 Å². The van der Waals surface area contributed by atoms with E-state index in [1.807, 2.05) is 0 Å². The Morgan fingerprint density at radius 1 is 0.889 bits per heavy atom. The van der Waals surface area contributed by atoms with Crippen LogP contribution in [0, 0.1) is 0 Å². The molecule has 0 aromatic heterocycles. The predicted molar refractivity (Wildman–Crippen MR) is 69.3 cm³/mol. The molecule has 0 unspecified atom stereocenters. The van der Waals surface area contributed by atoms with Crippen molar-refractivity contribution in [1.82, 2.24) is 0 Å². The van der Waals surface area contributed by atoms with Gasteiger partial charge in [0.2, 0.25) is 0 Å².